The molecule has 7 nitrogen and oxygen atoms in total. The molecule has 0 spiro atoms. The molecule has 0 aliphatic carbocycles. The standard InChI is InChI=1S/C20H24F3N5O2/c1-12(2)18-16(19(30)26-15-6-8-27(9-7-15)13(3)29)11-25-28(18)17-5-4-14(10-24-17)20(21,22)23/h4-5,10-12,15H,6-9H2,1-3H3,(H,26,30). The Hall–Kier alpha value is -2.91. The number of piperidine rings is 1. The van der Waals surface area contributed by atoms with Gasteiger partial charge in [-0.25, -0.2) is 9.67 Å². The van der Waals surface area contributed by atoms with Crippen LogP contribution < -0.4 is 5.32 Å². The van der Waals surface area contributed by atoms with Crippen LogP contribution in [0.4, 0.5) is 13.2 Å². The molecule has 0 saturated carbocycles. The fraction of sp³-hybridized carbons (Fsp3) is 0.500. The van der Waals surface area contributed by atoms with Crippen LogP contribution in [0.1, 0.15) is 61.1 Å². The van der Waals surface area contributed by atoms with Crippen LogP contribution in [-0.2, 0) is 11.0 Å². The van der Waals surface area contributed by atoms with Crippen LogP contribution in [0, 0.1) is 0 Å². The molecular formula is C20H24F3N5O2. The number of nitrogens with one attached hydrogen (secondary N) is 1. The van der Waals surface area contributed by atoms with Gasteiger partial charge in [0.15, 0.2) is 5.82 Å². The number of hydrogen-bond acceptors (Lipinski definition) is 4. The third-order valence-corrected chi connectivity index (χ3v) is 5.17. The van der Waals surface area contributed by atoms with Gasteiger partial charge >= 0.3 is 6.18 Å². The maximum atomic E-state index is 12.9. The number of aromatic nitrogens is 3. The molecule has 2 aromatic rings. The minimum atomic E-state index is -4.47. The lowest BCUT2D eigenvalue weighted by Gasteiger charge is -2.31. The fourth-order valence-corrected chi connectivity index (χ4v) is 3.55. The summed E-state index contributed by atoms with van der Waals surface area (Å²) < 4.78 is 39.8. The molecule has 10 heteroatoms. The summed E-state index contributed by atoms with van der Waals surface area (Å²) in [6.07, 6.45) is -0.980. The predicted molar refractivity (Wildman–Crippen MR) is 103 cm³/mol. The zero-order chi connectivity index (χ0) is 22.1. The van der Waals surface area contributed by atoms with Crippen LogP contribution in [0.3, 0.4) is 0 Å². The normalized spacial score (nSPS) is 15.5. The molecule has 2 aromatic heterocycles. The van der Waals surface area contributed by atoms with E-state index in [1.165, 1.54) is 23.9 Å². The lowest BCUT2D eigenvalue weighted by atomic mass is 10.0. The first-order valence-electron chi connectivity index (χ1n) is 9.76. The van der Waals surface area contributed by atoms with E-state index in [9.17, 15) is 22.8 Å². The number of halogens is 3. The molecular weight excluding hydrogens is 399 g/mol. The fourth-order valence-electron chi connectivity index (χ4n) is 3.55. The highest BCUT2D eigenvalue weighted by Gasteiger charge is 2.31. The highest BCUT2D eigenvalue weighted by molar-refractivity contribution is 5.95. The molecule has 3 rings (SSSR count). The second kappa shape index (κ2) is 8.45. The number of pyridine rings is 1. The van der Waals surface area contributed by atoms with E-state index >= 15 is 0 Å². The molecule has 0 bridgehead atoms. The van der Waals surface area contributed by atoms with Crippen molar-refractivity contribution >= 4 is 11.8 Å². The molecule has 1 saturated heterocycles. The first kappa shape index (κ1) is 21.8. The van der Waals surface area contributed by atoms with Gasteiger partial charge in [-0.2, -0.15) is 18.3 Å². The number of hydrogen-bond donors (Lipinski definition) is 1. The second-order valence-electron chi connectivity index (χ2n) is 7.67. The van der Waals surface area contributed by atoms with E-state index in [4.69, 9.17) is 0 Å². The van der Waals surface area contributed by atoms with Crippen molar-refractivity contribution in [1.29, 1.82) is 0 Å². The zero-order valence-corrected chi connectivity index (χ0v) is 17.0. The molecule has 0 atom stereocenters. The minimum absolute atomic E-state index is 0.0205. The van der Waals surface area contributed by atoms with Crippen LogP contribution >= 0.6 is 0 Å². The number of carbonyl (C=O) groups excluding carboxylic acids is 2. The van der Waals surface area contributed by atoms with Crippen LogP contribution in [0.2, 0.25) is 0 Å². The quantitative estimate of drug-likeness (QED) is 0.819. The third-order valence-electron chi connectivity index (χ3n) is 5.17. The molecule has 3 heterocycles. The first-order valence-corrected chi connectivity index (χ1v) is 9.76. The third kappa shape index (κ3) is 4.63. The SMILES string of the molecule is CC(=O)N1CCC(NC(=O)c2cnn(-c3ccc(C(F)(F)F)cn3)c2C(C)C)CC1. The number of nitrogens with zero attached hydrogens (tertiary/aromatic N) is 4. The maximum Gasteiger partial charge on any atom is 0.417 e. The largest absolute Gasteiger partial charge is 0.417 e. The second-order valence-corrected chi connectivity index (χ2v) is 7.67. The molecule has 0 radical (unpaired) electrons. The van der Waals surface area contributed by atoms with Crippen molar-refractivity contribution in [2.45, 2.75) is 51.7 Å². The average Bonchev–Trinajstić information content (AvgIpc) is 3.13. The number of carbonyl (C=O) groups is 2. The van der Waals surface area contributed by atoms with Gasteiger partial charge in [0.1, 0.15) is 0 Å². The van der Waals surface area contributed by atoms with Gasteiger partial charge in [0, 0.05) is 32.3 Å². The summed E-state index contributed by atoms with van der Waals surface area (Å²) >= 11 is 0. The summed E-state index contributed by atoms with van der Waals surface area (Å²) in [5.41, 5.74) is 0.0843. The molecule has 1 aliphatic rings. The van der Waals surface area contributed by atoms with Gasteiger partial charge in [-0.05, 0) is 30.9 Å². The van der Waals surface area contributed by atoms with E-state index in [0.29, 0.717) is 37.2 Å². The lowest BCUT2D eigenvalue weighted by Crippen LogP contribution is -2.46. The smallest absolute Gasteiger partial charge is 0.349 e. The summed E-state index contributed by atoms with van der Waals surface area (Å²) in [7, 11) is 0. The van der Waals surface area contributed by atoms with Gasteiger partial charge in [-0.15, -0.1) is 0 Å². The summed E-state index contributed by atoms with van der Waals surface area (Å²) in [4.78, 5) is 29.9. The first-order chi connectivity index (χ1) is 14.1. The highest BCUT2D eigenvalue weighted by atomic mass is 19.4. The van der Waals surface area contributed by atoms with Crippen molar-refractivity contribution in [1.82, 2.24) is 25.0 Å². The lowest BCUT2D eigenvalue weighted by molar-refractivity contribution is -0.137. The van der Waals surface area contributed by atoms with Gasteiger partial charge in [0.2, 0.25) is 5.91 Å². The predicted octanol–water partition coefficient (Wildman–Crippen LogP) is 3.15. The van der Waals surface area contributed by atoms with Gasteiger partial charge in [0.25, 0.3) is 5.91 Å². The monoisotopic (exact) mass is 423 g/mol. The summed E-state index contributed by atoms with van der Waals surface area (Å²) in [6.45, 7) is 6.45. The summed E-state index contributed by atoms with van der Waals surface area (Å²) in [5, 5.41) is 7.19. The molecule has 1 N–H and O–H groups in total. The van der Waals surface area contributed by atoms with Crippen LogP contribution in [0.5, 0.6) is 0 Å². The Bertz CT molecular complexity index is 914. The van der Waals surface area contributed by atoms with E-state index in [0.717, 1.165) is 12.3 Å². The number of alkyl halides is 3. The van der Waals surface area contributed by atoms with E-state index in [1.807, 2.05) is 13.8 Å². The topological polar surface area (TPSA) is 80.1 Å². The van der Waals surface area contributed by atoms with Crippen molar-refractivity contribution in [3.63, 3.8) is 0 Å². The van der Waals surface area contributed by atoms with E-state index in [-0.39, 0.29) is 29.6 Å². The highest BCUT2D eigenvalue weighted by Crippen LogP contribution is 2.29. The van der Waals surface area contributed by atoms with Crippen LogP contribution in [0.25, 0.3) is 5.82 Å². The number of likely N-dealkylation sites (tertiary alicyclic amines) is 1. The minimum Gasteiger partial charge on any atom is -0.349 e. The maximum absolute atomic E-state index is 12.9. The Morgan fingerprint density at radius 1 is 1.17 bits per heavy atom. The zero-order valence-electron chi connectivity index (χ0n) is 17.0. The molecule has 1 aliphatic heterocycles. The summed E-state index contributed by atoms with van der Waals surface area (Å²) in [6, 6.07) is 2.12. The van der Waals surface area contributed by atoms with E-state index < -0.39 is 11.7 Å². The van der Waals surface area contributed by atoms with Crippen molar-refractivity contribution < 1.29 is 22.8 Å². The van der Waals surface area contributed by atoms with Crippen molar-refractivity contribution in [3.8, 4) is 5.82 Å². The Morgan fingerprint density at radius 2 is 1.83 bits per heavy atom. The Morgan fingerprint density at radius 3 is 2.33 bits per heavy atom. The molecule has 0 unspecified atom stereocenters. The molecule has 0 aromatic carbocycles. The van der Waals surface area contributed by atoms with Crippen molar-refractivity contribution in [2.75, 3.05) is 13.1 Å². The number of amides is 2. The Balaban J connectivity index is 1.79. The van der Waals surface area contributed by atoms with Gasteiger partial charge < -0.3 is 10.2 Å². The average molecular weight is 423 g/mol. The van der Waals surface area contributed by atoms with Crippen LogP contribution in [0.15, 0.2) is 24.5 Å². The summed E-state index contributed by atoms with van der Waals surface area (Å²) in [5.74, 6) is -0.178. The van der Waals surface area contributed by atoms with Crippen LogP contribution in [-0.4, -0.2) is 50.6 Å². The van der Waals surface area contributed by atoms with Crippen molar-refractivity contribution in [2.24, 2.45) is 0 Å². The van der Waals surface area contributed by atoms with Gasteiger partial charge in [-0.3, -0.25) is 9.59 Å². The Kier molecular flexibility index (Phi) is 6.14. The van der Waals surface area contributed by atoms with E-state index in [2.05, 4.69) is 15.4 Å². The molecule has 162 valence electrons. The molecule has 2 amide bonds. The molecule has 1 fully saturated rings. The van der Waals surface area contributed by atoms with Crippen molar-refractivity contribution in [3.05, 3.63) is 41.3 Å². The number of rotatable bonds is 4. The van der Waals surface area contributed by atoms with E-state index in [1.54, 1.807) is 4.90 Å². The Labute approximate surface area is 172 Å². The van der Waals surface area contributed by atoms with Gasteiger partial charge in [-0.1, -0.05) is 13.8 Å². The molecule has 30 heavy (non-hydrogen) atoms. The van der Waals surface area contributed by atoms with Gasteiger partial charge in [0.05, 0.1) is 23.0 Å².